The van der Waals surface area contributed by atoms with Crippen LogP contribution in [0.5, 0.6) is 5.75 Å². The van der Waals surface area contributed by atoms with E-state index < -0.39 is 0 Å². The van der Waals surface area contributed by atoms with E-state index in [9.17, 15) is 0 Å². The lowest BCUT2D eigenvalue weighted by molar-refractivity contribution is -0.193. The molecule has 10 heteroatoms. The van der Waals surface area contributed by atoms with Crippen LogP contribution in [-0.4, -0.2) is 38.5 Å². The number of hydrogen-bond donors (Lipinski definition) is 1. The van der Waals surface area contributed by atoms with Gasteiger partial charge in [0.15, 0.2) is 0 Å². The minimum atomic E-state index is 0.250. The Bertz CT molecular complexity index is 1590. The number of pyridine rings is 3. The molecule has 6 rings (SSSR count). The minimum absolute atomic E-state index is 0.250. The molecule has 0 aliphatic rings. The maximum atomic E-state index is 9.09. The van der Waals surface area contributed by atoms with Crippen molar-refractivity contribution in [3.63, 3.8) is 0 Å². The fraction of sp³-hybridized carbons (Fsp3) is 0.0526. The molecule has 3 aromatic carbocycles. The van der Waals surface area contributed by atoms with Crippen molar-refractivity contribution in [2.45, 2.75) is 13.8 Å². The number of aryl methyl sites for hydroxylation is 2. The van der Waals surface area contributed by atoms with Gasteiger partial charge in [0.05, 0.1) is 0 Å². The van der Waals surface area contributed by atoms with Gasteiger partial charge in [0.1, 0.15) is 5.75 Å². The van der Waals surface area contributed by atoms with Crippen molar-refractivity contribution in [2.75, 3.05) is 0 Å². The van der Waals surface area contributed by atoms with Gasteiger partial charge in [0, 0.05) is 37.2 Å². The summed E-state index contributed by atoms with van der Waals surface area (Å²) in [4.78, 5) is 60.9. The quantitative estimate of drug-likeness (QED) is 0.217. The van der Waals surface area contributed by atoms with E-state index in [4.69, 9.17) is 33.9 Å². The van der Waals surface area contributed by atoms with Gasteiger partial charge in [-0.3, -0.25) is 15.0 Å². The summed E-state index contributed by atoms with van der Waals surface area (Å²) < 4.78 is 0. The lowest BCUT2D eigenvalue weighted by Crippen LogP contribution is -1.78. The second kappa shape index (κ2) is 24.4. The molecule has 0 fully saturated rings. The Balaban J connectivity index is 0.000000320. The second-order valence-electron chi connectivity index (χ2n) is 9.25. The van der Waals surface area contributed by atoms with E-state index in [1.807, 2.05) is 48.8 Å². The molecule has 1 N–H and O–H groups in total. The lowest BCUT2D eigenvalue weighted by Gasteiger charge is -2.00. The average molecular weight is 642 g/mol. The molecule has 0 saturated heterocycles. The fourth-order valence-corrected chi connectivity index (χ4v) is 3.75. The third-order valence-electron chi connectivity index (χ3n) is 5.96. The molecular formula is C38H31N3O7. The highest BCUT2D eigenvalue weighted by Gasteiger charge is 1.97. The first-order valence-electron chi connectivity index (χ1n) is 13.9. The standard InChI is InChI=1S/2C12H11N.C11H9NO.3CO2/c2*1-10-4-6-11(7-5-10)12-3-2-8-13-9-12;13-11-5-3-9(4-6-11)10-2-1-7-12-8-10;3*2-1-3/h2*2-9H,1H3;1-8,13H;;;. The summed E-state index contributed by atoms with van der Waals surface area (Å²) in [5.41, 5.74) is 9.47. The van der Waals surface area contributed by atoms with Crippen molar-refractivity contribution in [3.8, 4) is 39.1 Å². The van der Waals surface area contributed by atoms with Crippen LogP contribution in [0.1, 0.15) is 11.1 Å². The third-order valence-corrected chi connectivity index (χ3v) is 5.96. The minimum Gasteiger partial charge on any atom is -0.508 e. The number of phenols is 1. The molecule has 3 heterocycles. The van der Waals surface area contributed by atoms with Crippen LogP contribution in [0.15, 0.2) is 146 Å². The first kappa shape index (κ1) is 39.1. The van der Waals surface area contributed by atoms with Gasteiger partial charge in [-0.05, 0) is 77.6 Å². The summed E-state index contributed by atoms with van der Waals surface area (Å²) in [6.45, 7) is 4.18. The fourth-order valence-electron chi connectivity index (χ4n) is 3.75. The van der Waals surface area contributed by atoms with Crippen molar-refractivity contribution < 1.29 is 33.9 Å². The SMILES string of the molecule is Cc1ccc(-c2cccnc2)cc1.Cc1ccc(-c2cccnc2)cc1.O=C=O.O=C=O.O=C=O.Oc1ccc(-c2cccnc2)cc1. The van der Waals surface area contributed by atoms with Crippen molar-refractivity contribution in [1.29, 1.82) is 0 Å². The largest absolute Gasteiger partial charge is 0.508 e. The molecule has 0 saturated carbocycles. The van der Waals surface area contributed by atoms with Gasteiger partial charge in [-0.25, -0.2) is 0 Å². The van der Waals surface area contributed by atoms with Crippen molar-refractivity contribution in [2.24, 2.45) is 0 Å². The van der Waals surface area contributed by atoms with Gasteiger partial charge in [-0.15, -0.1) is 0 Å². The van der Waals surface area contributed by atoms with Crippen LogP contribution in [0.25, 0.3) is 33.4 Å². The molecule has 0 bridgehead atoms. The predicted molar refractivity (Wildman–Crippen MR) is 175 cm³/mol. The highest BCUT2D eigenvalue weighted by atomic mass is 16.3. The highest BCUT2D eigenvalue weighted by molar-refractivity contribution is 5.64. The summed E-state index contributed by atoms with van der Waals surface area (Å²) in [7, 11) is 0. The van der Waals surface area contributed by atoms with E-state index in [-0.39, 0.29) is 24.2 Å². The number of carbonyl (C=O) groups excluding carboxylic acids is 6. The van der Waals surface area contributed by atoms with Gasteiger partial charge < -0.3 is 5.11 Å². The number of phenolic OH excluding ortho intramolecular Hbond substituents is 1. The molecular weight excluding hydrogens is 610 g/mol. The molecule has 10 nitrogen and oxygen atoms in total. The summed E-state index contributed by atoms with van der Waals surface area (Å²) in [5, 5.41) is 9.09. The van der Waals surface area contributed by atoms with Crippen LogP contribution in [0.3, 0.4) is 0 Å². The van der Waals surface area contributed by atoms with Crippen LogP contribution in [0.2, 0.25) is 0 Å². The molecule has 0 aliphatic carbocycles. The third kappa shape index (κ3) is 16.2. The zero-order chi connectivity index (χ0) is 35.4. The molecule has 0 amide bonds. The Kier molecular flexibility index (Phi) is 19.8. The van der Waals surface area contributed by atoms with Crippen LogP contribution >= 0.6 is 0 Å². The van der Waals surface area contributed by atoms with Crippen molar-refractivity contribution in [3.05, 3.63) is 158 Å². The lowest BCUT2D eigenvalue weighted by atomic mass is 10.1. The first-order valence-corrected chi connectivity index (χ1v) is 13.9. The van der Waals surface area contributed by atoms with E-state index in [2.05, 4.69) is 89.5 Å². The van der Waals surface area contributed by atoms with Crippen LogP contribution < -0.4 is 0 Å². The topological polar surface area (TPSA) is 161 Å². The van der Waals surface area contributed by atoms with Crippen LogP contribution in [-0.2, 0) is 28.8 Å². The number of aromatic nitrogens is 3. The van der Waals surface area contributed by atoms with Gasteiger partial charge in [0.2, 0.25) is 0 Å². The maximum Gasteiger partial charge on any atom is 0.373 e. The van der Waals surface area contributed by atoms with Crippen molar-refractivity contribution >= 4 is 18.5 Å². The monoisotopic (exact) mass is 641 g/mol. The molecule has 240 valence electrons. The summed E-state index contributed by atoms with van der Waals surface area (Å²) in [6.07, 6.45) is 11.6. The average Bonchev–Trinajstić information content (AvgIpc) is 3.12. The van der Waals surface area contributed by atoms with E-state index in [0.717, 1.165) is 11.1 Å². The summed E-state index contributed by atoms with van der Waals surface area (Å²) in [5.74, 6) is 0.285. The number of hydrogen-bond acceptors (Lipinski definition) is 10. The Morgan fingerprint density at radius 3 is 0.875 bits per heavy atom. The molecule has 3 aromatic heterocycles. The Morgan fingerprint density at radius 1 is 0.396 bits per heavy atom. The summed E-state index contributed by atoms with van der Waals surface area (Å²) in [6, 6.07) is 35.9. The maximum absolute atomic E-state index is 9.09. The molecule has 48 heavy (non-hydrogen) atoms. The summed E-state index contributed by atoms with van der Waals surface area (Å²) >= 11 is 0. The normalized spacial score (nSPS) is 8.54. The van der Waals surface area contributed by atoms with Gasteiger partial charge in [0.25, 0.3) is 0 Å². The van der Waals surface area contributed by atoms with E-state index in [0.29, 0.717) is 0 Å². The molecule has 0 unspecified atom stereocenters. The molecule has 0 atom stereocenters. The Labute approximate surface area is 277 Å². The predicted octanol–water partition coefficient (Wildman–Crippen LogP) is 6.82. The Hall–Kier alpha value is -6.95. The first-order chi connectivity index (χ1) is 23.3. The van der Waals surface area contributed by atoms with Gasteiger partial charge in [-0.2, -0.15) is 28.8 Å². The van der Waals surface area contributed by atoms with Crippen LogP contribution in [0, 0.1) is 13.8 Å². The van der Waals surface area contributed by atoms with E-state index in [1.54, 1.807) is 36.9 Å². The molecule has 6 aromatic rings. The number of rotatable bonds is 3. The number of benzene rings is 3. The van der Waals surface area contributed by atoms with E-state index in [1.165, 1.54) is 33.4 Å². The molecule has 0 aliphatic heterocycles. The molecule has 0 spiro atoms. The zero-order valence-electron chi connectivity index (χ0n) is 26.1. The van der Waals surface area contributed by atoms with Crippen LogP contribution in [0.4, 0.5) is 0 Å². The molecule has 0 radical (unpaired) electrons. The highest BCUT2D eigenvalue weighted by Crippen LogP contribution is 2.21. The van der Waals surface area contributed by atoms with Gasteiger partial charge in [-0.1, -0.05) is 90.0 Å². The van der Waals surface area contributed by atoms with E-state index >= 15 is 0 Å². The number of aromatic hydroxyl groups is 1. The second-order valence-corrected chi connectivity index (χ2v) is 9.25. The Morgan fingerprint density at radius 2 is 0.646 bits per heavy atom. The number of nitrogens with zero attached hydrogens (tertiary/aromatic N) is 3. The smallest absolute Gasteiger partial charge is 0.373 e. The zero-order valence-corrected chi connectivity index (χ0v) is 26.1. The van der Waals surface area contributed by atoms with Gasteiger partial charge >= 0.3 is 18.5 Å². The van der Waals surface area contributed by atoms with Crippen molar-refractivity contribution in [1.82, 2.24) is 15.0 Å².